The highest BCUT2D eigenvalue weighted by Gasteiger charge is 2.13. The summed E-state index contributed by atoms with van der Waals surface area (Å²) < 4.78 is 0.754. The van der Waals surface area contributed by atoms with E-state index < -0.39 is 5.91 Å². The number of pyridine rings is 1. The third-order valence-corrected chi connectivity index (χ3v) is 4.42. The summed E-state index contributed by atoms with van der Waals surface area (Å²) in [6.45, 7) is 2.38. The number of anilines is 1. The van der Waals surface area contributed by atoms with Crippen molar-refractivity contribution >= 4 is 39.3 Å². The summed E-state index contributed by atoms with van der Waals surface area (Å²) in [7, 11) is 0. The molecule has 3 rings (SSSR count). The number of aromatic nitrogens is 2. The fraction of sp³-hybridized carbons (Fsp3) is 0.125. The van der Waals surface area contributed by atoms with Crippen molar-refractivity contribution in [3.05, 3.63) is 42.1 Å². The Kier molecular flexibility index (Phi) is 4.39. The molecule has 0 aliphatic rings. The van der Waals surface area contributed by atoms with E-state index in [9.17, 15) is 9.59 Å². The molecule has 2 heterocycles. The van der Waals surface area contributed by atoms with E-state index in [-0.39, 0.29) is 6.03 Å². The number of carbonyl (C=O) groups excluding carboxylic acids is 2. The molecule has 0 saturated carbocycles. The van der Waals surface area contributed by atoms with Crippen molar-refractivity contribution in [3.63, 3.8) is 0 Å². The van der Waals surface area contributed by atoms with Gasteiger partial charge >= 0.3 is 6.03 Å². The summed E-state index contributed by atoms with van der Waals surface area (Å²) in [5, 5.41) is 6.00. The van der Waals surface area contributed by atoms with E-state index >= 15 is 0 Å². The Morgan fingerprint density at radius 3 is 2.75 bits per heavy atom. The van der Waals surface area contributed by atoms with Crippen molar-refractivity contribution in [2.45, 2.75) is 6.92 Å². The van der Waals surface area contributed by atoms with Gasteiger partial charge < -0.3 is 11.1 Å². The molecule has 4 N–H and O–H groups in total. The summed E-state index contributed by atoms with van der Waals surface area (Å²) in [6.07, 6.45) is 1.63. The lowest BCUT2D eigenvalue weighted by atomic mass is 10.2. The predicted octanol–water partition coefficient (Wildman–Crippen LogP) is 2.60. The SMILES string of the molecule is CCNC(=O)Nc1ccc(-c2nc3cccc(C(N)=O)c3s2)cn1. The van der Waals surface area contributed by atoms with Gasteiger partial charge in [-0.25, -0.2) is 14.8 Å². The van der Waals surface area contributed by atoms with Crippen molar-refractivity contribution in [2.24, 2.45) is 5.73 Å². The summed E-state index contributed by atoms with van der Waals surface area (Å²) >= 11 is 1.38. The van der Waals surface area contributed by atoms with E-state index in [1.165, 1.54) is 11.3 Å². The second-order valence-electron chi connectivity index (χ2n) is 4.95. The molecule has 0 aliphatic carbocycles. The maximum Gasteiger partial charge on any atom is 0.320 e. The number of fused-ring (bicyclic) bond motifs is 1. The van der Waals surface area contributed by atoms with E-state index in [1.807, 2.05) is 19.1 Å². The smallest absolute Gasteiger partial charge is 0.320 e. The first-order valence-corrected chi connectivity index (χ1v) is 8.10. The van der Waals surface area contributed by atoms with Crippen LogP contribution >= 0.6 is 11.3 Å². The van der Waals surface area contributed by atoms with Crippen molar-refractivity contribution in [2.75, 3.05) is 11.9 Å². The first-order valence-electron chi connectivity index (χ1n) is 7.29. The number of nitrogens with two attached hydrogens (primary N) is 1. The summed E-state index contributed by atoms with van der Waals surface area (Å²) in [4.78, 5) is 31.7. The van der Waals surface area contributed by atoms with Gasteiger partial charge in [0.15, 0.2) is 0 Å². The molecule has 0 bridgehead atoms. The lowest BCUT2D eigenvalue weighted by molar-refractivity contribution is 0.100. The Balaban J connectivity index is 1.89. The molecule has 0 unspecified atom stereocenters. The van der Waals surface area contributed by atoms with Gasteiger partial charge in [0.05, 0.1) is 15.8 Å². The first kappa shape index (κ1) is 15.9. The lowest BCUT2D eigenvalue weighted by Gasteiger charge is -2.04. The summed E-state index contributed by atoms with van der Waals surface area (Å²) in [6, 6.07) is 8.49. The van der Waals surface area contributed by atoms with Crippen LogP contribution in [0.5, 0.6) is 0 Å². The van der Waals surface area contributed by atoms with Gasteiger partial charge in [0.1, 0.15) is 10.8 Å². The predicted molar refractivity (Wildman–Crippen MR) is 94.1 cm³/mol. The second kappa shape index (κ2) is 6.63. The average molecular weight is 341 g/mol. The molecule has 0 atom stereocenters. The average Bonchev–Trinajstić information content (AvgIpc) is 2.99. The number of nitrogens with zero attached hydrogens (tertiary/aromatic N) is 2. The Morgan fingerprint density at radius 2 is 2.08 bits per heavy atom. The third kappa shape index (κ3) is 3.18. The van der Waals surface area contributed by atoms with Gasteiger partial charge in [-0.15, -0.1) is 11.3 Å². The Labute approximate surface area is 141 Å². The van der Waals surface area contributed by atoms with Crippen LogP contribution in [-0.2, 0) is 0 Å². The maximum absolute atomic E-state index is 11.5. The minimum atomic E-state index is -0.476. The minimum Gasteiger partial charge on any atom is -0.366 e. The van der Waals surface area contributed by atoms with Gasteiger partial charge in [-0.1, -0.05) is 6.07 Å². The van der Waals surface area contributed by atoms with Gasteiger partial charge in [0.25, 0.3) is 0 Å². The molecule has 3 amide bonds. The van der Waals surface area contributed by atoms with Crippen LogP contribution in [0.4, 0.5) is 10.6 Å². The molecule has 8 heteroatoms. The van der Waals surface area contributed by atoms with E-state index in [0.717, 1.165) is 20.8 Å². The Bertz CT molecular complexity index is 904. The molecule has 0 aliphatic heterocycles. The zero-order valence-corrected chi connectivity index (χ0v) is 13.7. The van der Waals surface area contributed by atoms with Crippen LogP contribution in [0, 0.1) is 0 Å². The van der Waals surface area contributed by atoms with Crippen molar-refractivity contribution in [1.29, 1.82) is 0 Å². The molecular weight excluding hydrogens is 326 g/mol. The van der Waals surface area contributed by atoms with E-state index in [0.29, 0.717) is 17.9 Å². The molecule has 122 valence electrons. The van der Waals surface area contributed by atoms with Crippen LogP contribution in [0.1, 0.15) is 17.3 Å². The zero-order chi connectivity index (χ0) is 17.1. The van der Waals surface area contributed by atoms with Crippen molar-refractivity contribution < 1.29 is 9.59 Å². The van der Waals surface area contributed by atoms with Crippen LogP contribution in [0.15, 0.2) is 36.5 Å². The normalized spacial score (nSPS) is 10.5. The van der Waals surface area contributed by atoms with E-state index in [1.54, 1.807) is 24.4 Å². The number of rotatable bonds is 4. The standard InChI is InChI=1S/C16H15N5O2S/c1-2-18-16(23)21-12-7-6-9(8-19-12)15-20-11-5-3-4-10(14(17)22)13(11)24-15/h3-8H,2H2,1H3,(H2,17,22)(H2,18,19,21,23). The van der Waals surface area contributed by atoms with Crippen molar-refractivity contribution in [1.82, 2.24) is 15.3 Å². The molecule has 0 radical (unpaired) electrons. The molecule has 7 nitrogen and oxygen atoms in total. The van der Waals surface area contributed by atoms with Crippen LogP contribution in [0.2, 0.25) is 0 Å². The summed E-state index contributed by atoms with van der Waals surface area (Å²) in [5.41, 5.74) is 7.37. The molecule has 1 aromatic carbocycles. The van der Waals surface area contributed by atoms with Crippen molar-refractivity contribution in [3.8, 4) is 10.6 Å². The number of amides is 3. The molecule has 24 heavy (non-hydrogen) atoms. The third-order valence-electron chi connectivity index (χ3n) is 3.27. The van der Waals surface area contributed by atoms with Gasteiger partial charge in [-0.05, 0) is 31.2 Å². The largest absolute Gasteiger partial charge is 0.366 e. The number of thiazole rings is 1. The number of nitrogens with one attached hydrogen (secondary N) is 2. The lowest BCUT2D eigenvalue weighted by Crippen LogP contribution is -2.28. The van der Waals surface area contributed by atoms with Crippen LogP contribution in [0.25, 0.3) is 20.8 Å². The molecule has 0 saturated heterocycles. The quantitative estimate of drug-likeness (QED) is 0.677. The highest BCUT2D eigenvalue weighted by atomic mass is 32.1. The number of benzene rings is 1. The van der Waals surface area contributed by atoms with Gasteiger partial charge in [0, 0.05) is 18.3 Å². The first-order chi connectivity index (χ1) is 11.6. The summed E-state index contributed by atoms with van der Waals surface area (Å²) in [5.74, 6) is -0.0287. The minimum absolute atomic E-state index is 0.302. The monoisotopic (exact) mass is 341 g/mol. The topological polar surface area (TPSA) is 110 Å². The van der Waals surface area contributed by atoms with Crippen LogP contribution < -0.4 is 16.4 Å². The zero-order valence-electron chi connectivity index (χ0n) is 12.9. The van der Waals surface area contributed by atoms with Gasteiger partial charge in [-0.2, -0.15) is 0 Å². The number of primary amides is 1. The Hall–Kier alpha value is -3.00. The number of urea groups is 1. The maximum atomic E-state index is 11.5. The molecular formula is C16H15N5O2S. The Morgan fingerprint density at radius 1 is 1.25 bits per heavy atom. The van der Waals surface area contributed by atoms with Crippen LogP contribution in [0.3, 0.4) is 0 Å². The number of hydrogen-bond donors (Lipinski definition) is 3. The molecule has 3 aromatic rings. The van der Waals surface area contributed by atoms with E-state index in [4.69, 9.17) is 5.73 Å². The van der Waals surface area contributed by atoms with Gasteiger partial charge in [0.2, 0.25) is 5.91 Å². The number of carbonyl (C=O) groups is 2. The van der Waals surface area contributed by atoms with Crippen LogP contribution in [-0.4, -0.2) is 28.5 Å². The molecule has 0 fully saturated rings. The fourth-order valence-corrected chi connectivity index (χ4v) is 3.25. The molecule has 2 aromatic heterocycles. The number of hydrogen-bond acceptors (Lipinski definition) is 5. The fourth-order valence-electron chi connectivity index (χ4n) is 2.18. The highest BCUT2D eigenvalue weighted by molar-refractivity contribution is 7.22. The molecule has 0 spiro atoms. The highest BCUT2D eigenvalue weighted by Crippen LogP contribution is 2.32. The van der Waals surface area contributed by atoms with Gasteiger partial charge in [-0.3, -0.25) is 10.1 Å². The second-order valence-corrected chi connectivity index (χ2v) is 5.95. The van der Waals surface area contributed by atoms with E-state index in [2.05, 4.69) is 20.6 Å².